The molecule has 2 aliphatic rings. The van der Waals surface area contributed by atoms with E-state index in [9.17, 15) is 9.90 Å². The molecule has 128 valence electrons. The Morgan fingerprint density at radius 2 is 2.17 bits per heavy atom. The van der Waals surface area contributed by atoms with Crippen molar-refractivity contribution in [2.45, 2.75) is 51.7 Å². The molecule has 6 heteroatoms. The summed E-state index contributed by atoms with van der Waals surface area (Å²) in [5, 5.41) is 11.4. The minimum Gasteiger partial charge on any atom is -0.390 e. The number of carbonyl (C=O) groups excluding carboxylic acids is 1. The third-order valence-electron chi connectivity index (χ3n) is 5.31. The topological polar surface area (TPSA) is 56.7 Å². The van der Waals surface area contributed by atoms with Crippen LogP contribution in [0.4, 0.5) is 0 Å². The number of piperidine rings is 1. The zero-order valence-corrected chi connectivity index (χ0v) is 14.9. The lowest BCUT2D eigenvalue weighted by atomic mass is 9.81. The van der Waals surface area contributed by atoms with E-state index in [0.717, 1.165) is 35.9 Å². The maximum Gasteiger partial charge on any atom is 0.265 e. The zero-order valence-electron chi connectivity index (χ0n) is 14.1. The summed E-state index contributed by atoms with van der Waals surface area (Å²) in [6.45, 7) is 8.38. The lowest BCUT2D eigenvalue weighted by Gasteiger charge is -2.42. The molecule has 1 aromatic rings. The largest absolute Gasteiger partial charge is 0.390 e. The molecule has 5 nitrogen and oxygen atoms in total. The van der Waals surface area contributed by atoms with Gasteiger partial charge in [-0.05, 0) is 45.7 Å². The van der Waals surface area contributed by atoms with E-state index < -0.39 is 5.60 Å². The van der Waals surface area contributed by atoms with Crippen LogP contribution in [0.1, 0.15) is 54.2 Å². The molecule has 2 saturated heterocycles. The maximum atomic E-state index is 12.7. The normalized spacial score (nSPS) is 29.2. The van der Waals surface area contributed by atoms with Gasteiger partial charge in [-0.3, -0.25) is 9.69 Å². The molecule has 0 spiro atoms. The Kier molecular flexibility index (Phi) is 5.04. The number of aromatic nitrogens is 1. The lowest BCUT2D eigenvalue weighted by molar-refractivity contribution is -0.0520. The second-order valence-corrected chi connectivity index (χ2v) is 8.18. The van der Waals surface area contributed by atoms with Gasteiger partial charge in [0.1, 0.15) is 9.88 Å². The lowest BCUT2D eigenvalue weighted by Crippen LogP contribution is -2.51. The van der Waals surface area contributed by atoms with Gasteiger partial charge in [0, 0.05) is 19.0 Å². The Morgan fingerprint density at radius 1 is 1.43 bits per heavy atom. The van der Waals surface area contributed by atoms with E-state index in [1.165, 1.54) is 24.2 Å². The van der Waals surface area contributed by atoms with Gasteiger partial charge in [-0.2, -0.15) is 0 Å². The first-order valence-electron chi connectivity index (χ1n) is 8.68. The summed E-state index contributed by atoms with van der Waals surface area (Å²) in [5.74, 6) is 0.223. The van der Waals surface area contributed by atoms with E-state index in [2.05, 4.69) is 16.8 Å². The van der Waals surface area contributed by atoms with Crippen LogP contribution in [0.2, 0.25) is 0 Å². The Balaban J connectivity index is 1.63. The number of carbonyl (C=O) groups is 1. The van der Waals surface area contributed by atoms with Gasteiger partial charge in [0.25, 0.3) is 5.91 Å². The Morgan fingerprint density at radius 3 is 2.87 bits per heavy atom. The van der Waals surface area contributed by atoms with Gasteiger partial charge in [-0.1, -0.05) is 6.92 Å². The van der Waals surface area contributed by atoms with Gasteiger partial charge < -0.3 is 10.0 Å². The second-order valence-electron chi connectivity index (χ2n) is 7.07. The molecule has 3 heterocycles. The number of aliphatic hydroxyl groups is 1. The molecular weight excluding hydrogens is 310 g/mol. The summed E-state index contributed by atoms with van der Waals surface area (Å²) in [4.78, 5) is 22.2. The van der Waals surface area contributed by atoms with Crippen LogP contribution in [0.5, 0.6) is 0 Å². The van der Waals surface area contributed by atoms with Gasteiger partial charge >= 0.3 is 0 Å². The van der Waals surface area contributed by atoms with Crippen molar-refractivity contribution in [1.29, 1.82) is 0 Å². The Hall–Kier alpha value is -0.980. The first-order valence-corrected chi connectivity index (χ1v) is 9.50. The smallest absolute Gasteiger partial charge is 0.265 e. The first-order chi connectivity index (χ1) is 11.0. The second kappa shape index (κ2) is 6.87. The molecule has 0 aliphatic carbocycles. The van der Waals surface area contributed by atoms with Gasteiger partial charge in [0.15, 0.2) is 0 Å². The zero-order chi connectivity index (χ0) is 16.4. The van der Waals surface area contributed by atoms with E-state index in [1.807, 2.05) is 11.8 Å². The molecule has 2 fully saturated rings. The van der Waals surface area contributed by atoms with Crippen molar-refractivity contribution in [3.05, 3.63) is 16.1 Å². The van der Waals surface area contributed by atoms with E-state index in [4.69, 9.17) is 0 Å². The van der Waals surface area contributed by atoms with Gasteiger partial charge in [-0.15, -0.1) is 11.3 Å². The molecule has 3 rings (SSSR count). The number of hydrogen-bond acceptors (Lipinski definition) is 5. The van der Waals surface area contributed by atoms with Crippen molar-refractivity contribution in [1.82, 2.24) is 14.8 Å². The molecule has 0 bridgehead atoms. The number of amides is 1. The molecule has 1 N–H and O–H groups in total. The van der Waals surface area contributed by atoms with E-state index in [-0.39, 0.29) is 11.8 Å². The van der Waals surface area contributed by atoms with Crippen LogP contribution >= 0.6 is 11.3 Å². The fourth-order valence-corrected chi connectivity index (χ4v) is 4.57. The third kappa shape index (κ3) is 3.75. The van der Waals surface area contributed by atoms with Crippen LogP contribution in [0.25, 0.3) is 0 Å². The van der Waals surface area contributed by atoms with Gasteiger partial charge in [0.2, 0.25) is 0 Å². The summed E-state index contributed by atoms with van der Waals surface area (Å²) in [5.41, 5.74) is -0.653. The minimum atomic E-state index is -0.653. The monoisotopic (exact) mass is 337 g/mol. The molecule has 0 aromatic carbocycles. The molecule has 0 unspecified atom stereocenters. The number of nitrogens with zero attached hydrogens (tertiary/aromatic N) is 3. The van der Waals surface area contributed by atoms with Crippen molar-refractivity contribution < 1.29 is 9.90 Å². The van der Waals surface area contributed by atoms with Crippen LogP contribution in [-0.4, -0.2) is 57.6 Å². The van der Waals surface area contributed by atoms with E-state index in [0.29, 0.717) is 19.5 Å². The van der Waals surface area contributed by atoms with Crippen LogP contribution in [0, 0.1) is 5.92 Å². The van der Waals surface area contributed by atoms with Crippen molar-refractivity contribution in [2.24, 2.45) is 5.92 Å². The highest BCUT2D eigenvalue weighted by Crippen LogP contribution is 2.31. The van der Waals surface area contributed by atoms with Crippen molar-refractivity contribution in [3.8, 4) is 0 Å². The quantitative estimate of drug-likeness (QED) is 0.916. The highest BCUT2D eigenvalue weighted by atomic mass is 32.1. The predicted octanol–water partition coefficient (Wildman–Crippen LogP) is 2.36. The summed E-state index contributed by atoms with van der Waals surface area (Å²) in [7, 11) is 0. The number of likely N-dealkylation sites (tertiary alicyclic amines) is 2. The molecular formula is C17H27N3O2S. The standard InChI is InChI=1S/C17H27N3O2S/c1-3-13-11-20(9-6-17(13,2)22)16(21)14-10-18-15(23-14)12-19-7-4-5-8-19/h10,13,22H,3-9,11-12H2,1-2H3/t13-,17+/m0/s1. The summed E-state index contributed by atoms with van der Waals surface area (Å²) in [6, 6.07) is 0. The molecule has 0 saturated carbocycles. The fraction of sp³-hybridized carbons (Fsp3) is 0.765. The average Bonchev–Trinajstić information content (AvgIpc) is 3.19. The summed E-state index contributed by atoms with van der Waals surface area (Å²) < 4.78 is 0. The minimum absolute atomic E-state index is 0.0733. The molecule has 2 aliphatic heterocycles. The summed E-state index contributed by atoms with van der Waals surface area (Å²) >= 11 is 1.52. The average molecular weight is 337 g/mol. The predicted molar refractivity (Wildman–Crippen MR) is 91.6 cm³/mol. The summed E-state index contributed by atoms with van der Waals surface area (Å²) in [6.07, 6.45) is 5.80. The number of rotatable bonds is 4. The van der Waals surface area contributed by atoms with Crippen LogP contribution in [0.15, 0.2) is 6.20 Å². The van der Waals surface area contributed by atoms with Crippen molar-refractivity contribution in [3.63, 3.8) is 0 Å². The number of hydrogen-bond donors (Lipinski definition) is 1. The van der Waals surface area contributed by atoms with Crippen LogP contribution in [-0.2, 0) is 6.54 Å². The van der Waals surface area contributed by atoms with Gasteiger partial charge in [0.05, 0.1) is 18.3 Å². The van der Waals surface area contributed by atoms with Crippen molar-refractivity contribution >= 4 is 17.2 Å². The van der Waals surface area contributed by atoms with Crippen molar-refractivity contribution in [2.75, 3.05) is 26.2 Å². The van der Waals surface area contributed by atoms with E-state index in [1.54, 1.807) is 6.20 Å². The molecule has 23 heavy (non-hydrogen) atoms. The third-order valence-corrected chi connectivity index (χ3v) is 6.28. The van der Waals surface area contributed by atoms with E-state index >= 15 is 0 Å². The number of thiazole rings is 1. The Bertz CT molecular complexity index is 552. The fourth-order valence-electron chi connectivity index (χ4n) is 3.64. The highest BCUT2D eigenvalue weighted by Gasteiger charge is 2.38. The Labute approximate surface area is 142 Å². The molecule has 2 atom stereocenters. The molecule has 1 aromatic heterocycles. The van der Waals surface area contributed by atoms with Crippen LogP contribution < -0.4 is 0 Å². The maximum absolute atomic E-state index is 12.7. The first kappa shape index (κ1) is 16.9. The highest BCUT2D eigenvalue weighted by molar-refractivity contribution is 7.13. The molecule has 1 amide bonds. The van der Waals surface area contributed by atoms with Crippen LogP contribution in [0.3, 0.4) is 0 Å². The molecule has 0 radical (unpaired) electrons. The SMILES string of the molecule is CC[C@H]1CN(C(=O)c2cnc(CN3CCCC3)s2)CC[C@@]1(C)O. The van der Waals surface area contributed by atoms with Gasteiger partial charge in [-0.25, -0.2) is 4.98 Å².